The zero-order valence-electron chi connectivity index (χ0n) is 13.2. The molecule has 3 N–H and O–H groups in total. The van der Waals surface area contributed by atoms with E-state index in [0.717, 1.165) is 12.0 Å². The van der Waals surface area contributed by atoms with Crippen molar-refractivity contribution in [1.29, 1.82) is 0 Å². The molecule has 0 radical (unpaired) electrons. The predicted molar refractivity (Wildman–Crippen MR) is 96.2 cm³/mol. The van der Waals surface area contributed by atoms with Crippen LogP contribution in [-0.2, 0) is 11.3 Å². The smallest absolute Gasteiger partial charge is 0.321 e. The zero-order valence-corrected chi connectivity index (χ0v) is 14.9. The number of imide groups is 1. The Bertz CT molecular complexity index is 663. The summed E-state index contributed by atoms with van der Waals surface area (Å²) in [4.78, 5) is 23.0. The number of nitrogens with one attached hydrogen (secondary N) is 3. The molecule has 24 heavy (non-hydrogen) atoms. The van der Waals surface area contributed by atoms with Crippen LogP contribution in [0.3, 0.4) is 0 Å². The van der Waals surface area contributed by atoms with Gasteiger partial charge in [0.2, 0.25) is 11.0 Å². The van der Waals surface area contributed by atoms with Gasteiger partial charge >= 0.3 is 6.03 Å². The fourth-order valence-corrected chi connectivity index (χ4v) is 3.23. The van der Waals surface area contributed by atoms with Gasteiger partial charge in [-0.1, -0.05) is 60.4 Å². The summed E-state index contributed by atoms with van der Waals surface area (Å²) in [5.41, 5.74) is 1.15. The number of benzene rings is 1. The number of hydrogen-bond donors (Lipinski definition) is 3. The van der Waals surface area contributed by atoms with Gasteiger partial charge < -0.3 is 10.6 Å². The Kier molecular flexibility index (Phi) is 7.50. The topological polar surface area (TPSA) is 96.0 Å². The Morgan fingerprint density at radius 3 is 2.75 bits per heavy atom. The first-order valence-corrected chi connectivity index (χ1v) is 9.29. The van der Waals surface area contributed by atoms with Crippen LogP contribution in [0.4, 0.5) is 9.93 Å². The molecule has 0 saturated heterocycles. The van der Waals surface area contributed by atoms with Gasteiger partial charge in [0, 0.05) is 13.1 Å². The van der Waals surface area contributed by atoms with Gasteiger partial charge in [-0.3, -0.25) is 10.1 Å². The maximum Gasteiger partial charge on any atom is 0.321 e. The lowest BCUT2D eigenvalue weighted by Gasteiger charge is -2.04. The Morgan fingerprint density at radius 2 is 2.00 bits per heavy atom. The van der Waals surface area contributed by atoms with Gasteiger partial charge in [0.05, 0.1) is 5.75 Å². The molecule has 1 aromatic heterocycles. The highest BCUT2D eigenvalue weighted by Crippen LogP contribution is 2.25. The molecule has 0 unspecified atom stereocenters. The fraction of sp³-hybridized carbons (Fsp3) is 0.333. The standard InChI is InChI=1S/C15H19N5O2S2/c1-2-8-16-13(22)18-12(21)10-23-15-20-19-14(24-15)17-9-11-6-4-3-5-7-11/h3-7H,2,8-10H2,1H3,(H,17,19)(H2,16,18,21,22). The third-order valence-corrected chi connectivity index (χ3v) is 4.82. The average molecular weight is 365 g/mol. The summed E-state index contributed by atoms with van der Waals surface area (Å²) in [5, 5.41) is 16.8. The third kappa shape index (κ3) is 6.55. The maximum atomic E-state index is 11.7. The van der Waals surface area contributed by atoms with Crippen molar-refractivity contribution in [2.75, 3.05) is 17.6 Å². The molecule has 128 valence electrons. The number of carbonyl (C=O) groups excluding carboxylic acids is 2. The lowest BCUT2D eigenvalue weighted by molar-refractivity contribution is -0.117. The van der Waals surface area contributed by atoms with Gasteiger partial charge in [-0.25, -0.2) is 4.79 Å². The molecular formula is C15H19N5O2S2. The van der Waals surface area contributed by atoms with Crippen molar-refractivity contribution < 1.29 is 9.59 Å². The van der Waals surface area contributed by atoms with Crippen LogP contribution in [0.5, 0.6) is 0 Å². The lowest BCUT2D eigenvalue weighted by atomic mass is 10.2. The quantitative estimate of drug-likeness (QED) is 0.622. The van der Waals surface area contributed by atoms with E-state index in [-0.39, 0.29) is 11.7 Å². The molecule has 1 heterocycles. The Hall–Kier alpha value is -2.13. The number of urea groups is 1. The normalized spacial score (nSPS) is 10.2. The Morgan fingerprint density at radius 1 is 1.21 bits per heavy atom. The molecule has 3 amide bonds. The van der Waals surface area contributed by atoms with Crippen LogP contribution in [0, 0.1) is 0 Å². The highest BCUT2D eigenvalue weighted by atomic mass is 32.2. The molecule has 2 aromatic rings. The largest absolute Gasteiger partial charge is 0.356 e. The lowest BCUT2D eigenvalue weighted by Crippen LogP contribution is -2.40. The number of hydrogen-bond acceptors (Lipinski definition) is 7. The minimum Gasteiger partial charge on any atom is -0.356 e. The first-order valence-electron chi connectivity index (χ1n) is 7.49. The average Bonchev–Trinajstić information content (AvgIpc) is 3.05. The van der Waals surface area contributed by atoms with Gasteiger partial charge in [-0.2, -0.15) is 0 Å². The summed E-state index contributed by atoms with van der Waals surface area (Å²) in [6.45, 7) is 3.15. The minimum atomic E-state index is -0.468. The van der Waals surface area contributed by atoms with E-state index in [1.54, 1.807) is 0 Å². The van der Waals surface area contributed by atoms with Crippen LogP contribution in [0.1, 0.15) is 18.9 Å². The highest BCUT2D eigenvalue weighted by Gasteiger charge is 2.10. The second-order valence-electron chi connectivity index (χ2n) is 4.81. The van der Waals surface area contributed by atoms with E-state index in [0.29, 0.717) is 22.6 Å². The second-order valence-corrected chi connectivity index (χ2v) is 7.01. The van der Waals surface area contributed by atoms with Gasteiger partial charge in [0.1, 0.15) is 0 Å². The predicted octanol–water partition coefficient (Wildman–Crippen LogP) is 2.48. The number of aromatic nitrogens is 2. The van der Waals surface area contributed by atoms with E-state index in [4.69, 9.17) is 0 Å². The minimum absolute atomic E-state index is 0.118. The van der Waals surface area contributed by atoms with Crippen LogP contribution in [-0.4, -0.2) is 34.4 Å². The zero-order chi connectivity index (χ0) is 17.2. The van der Waals surface area contributed by atoms with Crippen LogP contribution in [0.15, 0.2) is 34.7 Å². The van der Waals surface area contributed by atoms with E-state index in [1.165, 1.54) is 23.1 Å². The van der Waals surface area contributed by atoms with Crippen molar-refractivity contribution in [3.05, 3.63) is 35.9 Å². The molecule has 9 heteroatoms. The molecular weight excluding hydrogens is 346 g/mol. The monoisotopic (exact) mass is 365 g/mol. The van der Waals surface area contributed by atoms with Crippen molar-refractivity contribution in [2.24, 2.45) is 0 Å². The van der Waals surface area contributed by atoms with Gasteiger partial charge in [0.15, 0.2) is 4.34 Å². The summed E-state index contributed by atoms with van der Waals surface area (Å²) in [5.74, 6) is -0.241. The SMILES string of the molecule is CCCNC(=O)NC(=O)CSc1nnc(NCc2ccccc2)s1. The van der Waals surface area contributed by atoms with Crippen LogP contribution in [0.25, 0.3) is 0 Å². The molecule has 0 bridgehead atoms. The Balaban J connectivity index is 1.71. The van der Waals surface area contributed by atoms with Crippen LogP contribution >= 0.6 is 23.1 Å². The molecule has 0 fully saturated rings. The first-order chi connectivity index (χ1) is 11.7. The van der Waals surface area contributed by atoms with Gasteiger partial charge in [-0.05, 0) is 12.0 Å². The van der Waals surface area contributed by atoms with Crippen molar-refractivity contribution in [3.63, 3.8) is 0 Å². The van der Waals surface area contributed by atoms with E-state index in [1.807, 2.05) is 37.3 Å². The summed E-state index contributed by atoms with van der Waals surface area (Å²) in [6.07, 6.45) is 0.819. The third-order valence-electron chi connectivity index (χ3n) is 2.81. The number of thioether (sulfide) groups is 1. The van der Waals surface area contributed by atoms with Crippen LogP contribution < -0.4 is 16.0 Å². The molecule has 0 aliphatic heterocycles. The second kappa shape index (κ2) is 9.89. The molecule has 0 atom stereocenters. The van der Waals surface area contributed by atoms with Crippen molar-refractivity contribution >= 4 is 40.2 Å². The summed E-state index contributed by atoms with van der Waals surface area (Å²) >= 11 is 2.63. The van der Waals surface area contributed by atoms with E-state index >= 15 is 0 Å². The van der Waals surface area contributed by atoms with Crippen molar-refractivity contribution in [2.45, 2.75) is 24.2 Å². The molecule has 0 aliphatic carbocycles. The number of amides is 3. The molecule has 7 nitrogen and oxygen atoms in total. The summed E-state index contributed by atoms with van der Waals surface area (Å²) < 4.78 is 0.676. The maximum absolute atomic E-state index is 11.7. The molecule has 2 rings (SSSR count). The van der Waals surface area contributed by atoms with E-state index in [2.05, 4.69) is 26.1 Å². The van der Waals surface area contributed by atoms with Gasteiger partial charge in [0.25, 0.3) is 0 Å². The summed E-state index contributed by atoms with van der Waals surface area (Å²) in [7, 11) is 0. The van der Waals surface area contributed by atoms with E-state index < -0.39 is 6.03 Å². The van der Waals surface area contributed by atoms with Crippen molar-refractivity contribution in [3.8, 4) is 0 Å². The first kappa shape index (κ1) is 18.2. The molecule has 0 aliphatic rings. The van der Waals surface area contributed by atoms with Crippen LogP contribution in [0.2, 0.25) is 0 Å². The Labute approximate surface area is 148 Å². The molecule has 1 aromatic carbocycles. The van der Waals surface area contributed by atoms with Gasteiger partial charge in [-0.15, -0.1) is 10.2 Å². The number of rotatable bonds is 8. The van der Waals surface area contributed by atoms with E-state index in [9.17, 15) is 9.59 Å². The highest BCUT2D eigenvalue weighted by molar-refractivity contribution is 8.01. The number of anilines is 1. The number of carbonyl (C=O) groups is 2. The summed E-state index contributed by atoms with van der Waals surface area (Å²) in [6, 6.07) is 9.51. The molecule has 0 spiro atoms. The molecule has 0 saturated carbocycles. The van der Waals surface area contributed by atoms with Crippen molar-refractivity contribution in [1.82, 2.24) is 20.8 Å². The fourth-order valence-electron chi connectivity index (χ4n) is 1.69. The number of nitrogens with zero attached hydrogens (tertiary/aromatic N) is 2.